The second kappa shape index (κ2) is 6.78. The van der Waals surface area contributed by atoms with E-state index in [0.717, 1.165) is 25.2 Å². The van der Waals surface area contributed by atoms with Gasteiger partial charge >= 0.3 is 0 Å². The molecule has 0 spiro atoms. The van der Waals surface area contributed by atoms with Crippen LogP contribution in [0.1, 0.15) is 25.1 Å². The van der Waals surface area contributed by atoms with Crippen LogP contribution < -0.4 is 0 Å². The van der Waals surface area contributed by atoms with Gasteiger partial charge in [-0.15, -0.1) is 0 Å². The number of pyridine rings is 1. The molecule has 0 bridgehead atoms. The molecule has 0 N–H and O–H groups in total. The number of aromatic nitrogens is 1. The number of ketones is 1. The predicted molar refractivity (Wildman–Crippen MR) is 74.2 cm³/mol. The van der Waals surface area contributed by atoms with E-state index in [1.54, 1.807) is 0 Å². The SMILES string of the molecule is CCc1ccc(CC(=O)C2CN(CC)CCO2)nc1. The summed E-state index contributed by atoms with van der Waals surface area (Å²) in [5, 5.41) is 0. The van der Waals surface area contributed by atoms with Crippen molar-refractivity contribution >= 4 is 5.78 Å². The third kappa shape index (κ3) is 3.85. The van der Waals surface area contributed by atoms with Crippen LogP contribution in [-0.4, -0.2) is 48.0 Å². The highest BCUT2D eigenvalue weighted by molar-refractivity contribution is 5.85. The number of hydrogen-bond acceptors (Lipinski definition) is 4. The van der Waals surface area contributed by atoms with Gasteiger partial charge in [0.2, 0.25) is 0 Å². The molecule has 0 radical (unpaired) electrons. The van der Waals surface area contributed by atoms with Gasteiger partial charge < -0.3 is 4.74 Å². The van der Waals surface area contributed by atoms with Crippen LogP contribution in [0.5, 0.6) is 0 Å². The number of Topliss-reactive ketones (excluding diaryl/α,β-unsaturated/α-hetero) is 1. The van der Waals surface area contributed by atoms with Gasteiger partial charge in [-0.05, 0) is 24.6 Å². The number of morpholine rings is 1. The van der Waals surface area contributed by atoms with Crippen molar-refractivity contribution < 1.29 is 9.53 Å². The fourth-order valence-corrected chi connectivity index (χ4v) is 2.25. The largest absolute Gasteiger partial charge is 0.368 e. The van der Waals surface area contributed by atoms with Gasteiger partial charge in [-0.25, -0.2) is 0 Å². The highest BCUT2D eigenvalue weighted by Gasteiger charge is 2.25. The molecule has 0 aromatic carbocycles. The minimum Gasteiger partial charge on any atom is -0.368 e. The normalized spacial score (nSPS) is 20.4. The molecule has 1 aromatic rings. The van der Waals surface area contributed by atoms with Crippen LogP contribution in [0.2, 0.25) is 0 Å². The van der Waals surface area contributed by atoms with Crippen molar-refractivity contribution in [1.29, 1.82) is 0 Å². The Balaban J connectivity index is 1.92. The van der Waals surface area contributed by atoms with Gasteiger partial charge in [-0.3, -0.25) is 14.7 Å². The first kappa shape index (κ1) is 14.2. The fourth-order valence-electron chi connectivity index (χ4n) is 2.25. The van der Waals surface area contributed by atoms with Crippen LogP contribution in [0.15, 0.2) is 18.3 Å². The van der Waals surface area contributed by atoms with Crippen LogP contribution in [0.4, 0.5) is 0 Å². The molecule has 0 aliphatic carbocycles. The topological polar surface area (TPSA) is 42.4 Å². The summed E-state index contributed by atoms with van der Waals surface area (Å²) in [6.45, 7) is 7.45. The molecule has 19 heavy (non-hydrogen) atoms. The first-order valence-corrected chi connectivity index (χ1v) is 7.03. The average molecular weight is 262 g/mol. The van der Waals surface area contributed by atoms with Crippen molar-refractivity contribution in [3.05, 3.63) is 29.6 Å². The van der Waals surface area contributed by atoms with Gasteiger partial charge in [-0.1, -0.05) is 19.9 Å². The number of nitrogens with zero attached hydrogens (tertiary/aromatic N) is 2. The van der Waals surface area contributed by atoms with Gasteiger partial charge in [0.25, 0.3) is 0 Å². The number of carbonyl (C=O) groups is 1. The standard InChI is InChI=1S/C15H22N2O2/c1-3-12-5-6-13(16-10-12)9-14(18)15-11-17(4-2)7-8-19-15/h5-6,10,15H,3-4,7-9,11H2,1-2H3. The molecule has 1 fully saturated rings. The first-order valence-electron chi connectivity index (χ1n) is 7.03. The summed E-state index contributed by atoms with van der Waals surface area (Å²) in [6, 6.07) is 3.98. The lowest BCUT2D eigenvalue weighted by molar-refractivity contribution is -0.135. The Morgan fingerprint density at radius 2 is 2.32 bits per heavy atom. The molecular weight excluding hydrogens is 240 g/mol. The van der Waals surface area contributed by atoms with Gasteiger partial charge in [0, 0.05) is 25.0 Å². The number of ether oxygens (including phenoxy) is 1. The smallest absolute Gasteiger partial charge is 0.168 e. The third-order valence-electron chi connectivity index (χ3n) is 3.61. The summed E-state index contributed by atoms with van der Waals surface area (Å²) in [4.78, 5) is 18.8. The van der Waals surface area contributed by atoms with Gasteiger partial charge in [0.1, 0.15) is 6.10 Å². The lowest BCUT2D eigenvalue weighted by atomic mass is 10.1. The predicted octanol–water partition coefficient (Wildman–Crippen LogP) is 1.48. The highest BCUT2D eigenvalue weighted by Crippen LogP contribution is 2.09. The quantitative estimate of drug-likeness (QED) is 0.806. The monoisotopic (exact) mass is 262 g/mol. The van der Waals surface area contributed by atoms with Crippen molar-refractivity contribution in [2.24, 2.45) is 0 Å². The molecular formula is C15H22N2O2. The molecule has 1 aromatic heterocycles. The zero-order valence-corrected chi connectivity index (χ0v) is 11.8. The van der Waals surface area contributed by atoms with Crippen LogP contribution in [0.25, 0.3) is 0 Å². The van der Waals surface area contributed by atoms with Crippen LogP contribution in [0.3, 0.4) is 0 Å². The van der Waals surface area contributed by atoms with Crippen LogP contribution in [-0.2, 0) is 22.4 Å². The lowest BCUT2D eigenvalue weighted by Gasteiger charge is -2.31. The molecule has 2 heterocycles. The van der Waals surface area contributed by atoms with Crippen molar-refractivity contribution in [2.45, 2.75) is 32.8 Å². The lowest BCUT2D eigenvalue weighted by Crippen LogP contribution is -2.46. The third-order valence-corrected chi connectivity index (χ3v) is 3.61. The van der Waals surface area contributed by atoms with E-state index in [2.05, 4.69) is 23.7 Å². The van der Waals surface area contributed by atoms with Crippen LogP contribution >= 0.6 is 0 Å². The number of rotatable bonds is 5. The average Bonchev–Trinajstić information content (AvgIpc) is 2.48. The first-order chi connectivity index (χ1) is 9.22. The minimum absolute atomic E-state index is 0.134. The minimum atomic E-state index is -0.290. The summed E-state index contributed by atoms with van der Waals surface area (Å²) in [5.74, 6) is 0.134. The van der Waals surface area contributed by atoms with E-state index in [9.17, 15) is 4.79 Å². The molecule has 1 saturated heterocycles. The summed E-state index contributed by atoms with van der Waals surface area (Å²) in [5.41, 5.74) is 2.03. The highest BCUT2D eigenvalue weighted by atomic mass is 16.5. The van der Waals surface area contributed by atoms with E-state index in [1.807, 2.05) is 18.3 Å². The van der Waals surface area contributed by atoms with E-state index >= 15 is 0 Å². The molecule has 0 saturated carbocycles. The van der Waals surface area contributed by atoms with E-state index in [1.165, 1.54) is 5.56 Å². The Morgan fingerprint density at radius 3 is 2.95 bits per heavy atom. The molecule has 1 aliphatic heterocycles. The summed E-state index contributed by atoms with van der Waals surface area (Å²) >= 11 is 0. The summed E-state index contributed by atoms with van der Waals surface area (Å²) in [6.07, 6.45) is 2.90. The van der Waals surface area contributed by atoms with Crippen molar-refractivity contribution in [3.63, 3.8) is 0 Å². The molecule has 0 amide bonds. The Bertz CT molecular complexity index is 417. The van der Waals surface area contributed by atoms with E-state index in [-0.39, 0.29) is 11.9 Å². The number of likely N-dealkylation sites (N-methyl/N-ethyl adjacent to an activating group) is 1. The number of hydrogen-bond donors (Lipinski definition) is 0. The maximum atomic E-state index is 12.2. The molecule has 104 valence electrons. The number of aryl methyl sites for hydroxylation is 1. The second-order valence-electron chi connectivity index (χ2n) is 4.91. The summed E-state index contributed by atoms with van der Waals surface area (Å²) in [7, 11) is 0. The fraction of sp³-hybridized carbons (Fsp3) is 0.600. The van der Waals surface area contributed by atoms with Gasteiger partial charge in [0.15, 0.2) is 5.78 Å². The molecule has 1 atom stereocenters. The Labute approximate surface area is 114 Å². The zero-order chi connectivity index (χ0) is 13.7. The van der Waals surface area contributed by atoms with Crippen molar-refractivity contribution in [3.8, 4) is 0 Å². The molecule has 4 heteroatoms. The molecule has 1 unspecified atom stereocenters. The zero-order valence-electron chi connectivity index (χ0n) is 11.8. The maximum absolute atomic E-state index is 12.2. The molecule has 2 rings (SSSR count). The summed E-state index contributed by atoms with van der Waals surface area (Å²) < 4.78 is 5.57. The Hall–Kier alpha value is -1.26. The maximum Gasteiger partial charge on any atom is 0.168 e. The molecule has 1 aliphatic rings. The second-order valence-corrected chi connectivity index (χ2v) is 4.91. The van der Waals surface area contributed by atoms with E-state index < -0.39 is 0 Å². The van der Waals surface area contributed by atoms with E-state index in [4.69, 9.17) is 4.74 Å². The van der Waals surface area contributed by atoms with Crippen LogP contribution in [0, 0.1) is 0 Å². The Kier molecular flexibility index (Phi) is 5.05. The van der Waals surface area contributed by atoms with Crippen molar-refractivity contribution in [1.82, 2.24) is 9.88 Å². The molecule has 4 nitrogen and oxygen atoms in total. The van der Waals surface area contributed by atoms with Gasteiger partial charge in [-0.2, -0.15) is 0 Å². The van der Waals surface area contributed by atoms with E-state index in [0.29, 0.717) is 19.6 Å². The number of carbonyl (C=O) groups excluding carboxylic acids is 1. The van der Waals surface area contributed by atoms with Gasteiger partial charge in [0.05, 0.1) is 13.0 Å². The van der Waals surface area contributed by atoms with Crippen molar-refractivity contribution in [2.75, 3.05) is 26.2 Å². The Morgan fingerprint density at radius 1 is 1.47 bits per heavy atom.